The number of thioether (sulfide) groups is 1. The molecule has 0 saturated heterocycles. The normalized spacial score (nSPS) is 11.8. The van der Waals surface area contributed by atoms with Gasteiger partial charge < -0.3 is 10.2 Å². The van der Waals surface area contributed by atoms with Crippen molar-refractivity contribution < 1.29 is 9.59 Å². The van der Waals surface area contributed by atoms with Crippen LogP contribution in [0.25, 0.3) is 10.9 Å². The van der Waals surface area contributed by atoms with E-state index in [1.807, 2.05) is 31.2 Å². The molecule has 1 aromatic heterocycles. The van der Waals surface area contributed by atoms with Gasteiger partial charge in [0.25, 0.3) is 5.56 Å². The molecular formula is C25H27ClN4O3S. The lowest BCUT2D eigenvalue weighted by Crippen LogP contribution is -2.39. The summed E-state index contributed by atoms with van der Waals surface area (Å²) in [5.41, 5.74) is 2.00. The summed E-state index contributed by atoms with van der Waals surface area (Å²) in [5, 5.41) is 3.58. The van der Waals surface area contributed by atoms with Crippen molar-refractivity contribution in [3.63, 3.8) is 0 Å². The van der Waals surface area contributed by atoms with Gasteiger partial charge in [-0.25, -0.2) is 4.98 Å². The average Bonchev–Trinajstić information content (AvgIpc) is 2.81. The zero-order valence-electron chi connectivity index (χ0n) is 19.4. The maximum atomic E-state index is 13.0. The number of para-hydroxylation sites is 1. The van der Waals surface area contributed by atoms with Crippen LogP contribution >= 0.6 is 23.4 Å². The van der Waals surface area contributed by atoms with Crippen LogP contribution in [0.15, 0.2) is 65.1 Å². The van der Waals surface area contributed by atoms with Crippen LogP contribution in [0.3, 0.4) is 0 Å². The van der Waals surface area contributed by atoms with Crippen molar-refractivity contribution in [2.75, 3.05) is 18.9 Å². The first kappa shape index (κ1) is 25.5. The van der Waals surface area contributed by atoms with Crippen molar-refractivity contribution in [2.24, 2.45) is 0 Å². The third kappa shape index (κ3) is 5.87. The molecule has 9 heteroatoms. The highest BCUT2D eigenvalue weighted by Crippen LogP contribution is 2.25. The van der Waals surface area contributed by atoms with Gasteiger partial charge in [0.15, 0.2) is 5.16 Å². The van der Waals surface area contributed by atoms with Crippen LogP contribution in [0, 0.1) is 0 Å². The fourth-order valence-corrected chi connectivity index (χ4v) is 4.71. The van der Waals surface area contributed by atoms with Crippen molar-refractivity contribution in [3.8, 4) is 0 Å². The van der Waals surface area contributed by atoms with Gasteiger partial charge in [-0.1, -0.05) is 54.6 Å². The summed E-state index contributed by atoms with van der Waals surface area (Å²) in [7, 11) is 1.58. The van der Waals surface area contributed by atoms with Crippen molar-refractivity contribution in [3.05, 3.63) is 76.1 Å². The number of likely N-dealkylation sites (N-methyl/N-ethyl adjacent to an activating group) is 1. The number of anilines is 1. The lowest BCUT2D eigenvalue weighted by Gasteiger charge is -2.21. The van der Waals surface area contributed by atoms with Crippen molar-refractivity contribution in [2.45, 2.75) is 37.2 Å². The first-order chi connectivity index (χ1) is 16.2. The number of carbonyl (C=O) groups excluding carboxylic acids is 2. The van der Waals surface area contributed by atoms with Crippen LogP contribution in [0.2, 0.25) is 5.02 Å². The molecule has 1 unspecified atom stereocenters. The second-order valence-corrected chi connectivity index (χ2v) is 9.52. The largest absolute Gasteiger partial charge is 0.335 e. The molecule has 0 aliphatic carbocycles. The molecule has 1 heterocycles. The molecule has 0 fully saturated rings. The molecular weight excluding hydrogens is 472 g/mol. The van der Waals surface area contributed by atoms with Gasteiger partial charge in [0.05, 0.1) is 22.7 Å². The Morgan fingerprint density at radius 3 is 2.74 bits per heavy atom. The Morgan fingerprint density at radius 2 is 2.03 bits per heavy atom. The van der Waals surface area contributed by atoms with Crippen molar-refractivity contribution in [1.82, 2.24) is 14.5 Å². The molecule has 2 amide bonds. The number of aromatic nitrogens is 2. The van der Waals surface area contributed by atoms with Gasteiger partial charge in [-0.3, -0.25) is 19.0 Å². The number of fused-ring (bicyclic) bond motifs is 1. The Morgan fingerprint density at radius 1 is 1.29 bits per heavy atom. The van der Waals surface area contributed by atoms with E-state index in [4.69, 9.17) is 11.6 Å². The molecule has 1 atom stereocenters. The predicted octanol–water partition coefficient (Wildman–Crippen LogP) is 4.38. The molecule has 7 nitrogen and oxygen atoms in total. The molecule has 0 saturated carbocycles. The summed E-state index contributed by atoms with van der Waals surface area (Å²) in [6, 6.07) is 12.5. The molecule has 0 bridgehead atoms. The highest BCUT2D eigenvalue weighted by molar-refractivity contribution is 8.00. The summed E-state index contributed by atoms with van der Waals surface area (Å²) in [6.45, 7) is 7.61. The zero-order valence-corrected chi connectivity index (χ0v) is 20.9. The highest BCUT2D eigenvalue weighted by Gasteiger charge is 2.23. The van der Waals surface area contributed by atoms with Crippen molar-refractivity contribution >= 4 is 51.8 Å². The van der Waals surface area contributed by atoms with E-state index in [-0.39, 0.29) is 30.5 Å². The first-order valence-electron chi connectivity index (χ1n) is 10.9. The number of nitrogens with zero attached hydrogens (tertiary/aromatic N) is 3. The van der Waals surface area contributed by atoms with E-state index in [2.05, 4.69) is 16.9 Å². The molecule has 1 N–H and O–H groups in total. The minimum absolute atomic E-state index is 0.0952. The molecule has 0 aliphatic heterocycles. The van der Waals surface area contributed by atoms with Crippen molar-refractivity contribution in [1.29, 1.82) is 0 Å². The Bertz CT molecular complexity index is 1290. The number of hydrogen-bond acceptors (Lipinski definition) is 5. The summed E-state index contributed by atoms with van der Waals surface area (Å²) in [4.78, 5) is 44.5. The molecule has 34 heavy (non-hydrogen) atoms. The Balaban J connectivity index is 1.75. The zero-order chi connectivity index (χ0) is 24.8. The highest BCUT2D eigenvalue weighted by atomic mass is 35.5. The molecule has 0 spiro atoms. The van der Waals surface area contributed by atoms with Crippen LogP contribution in [-0.2, 0) is 22.6 Å². The number of amides is 2. The lowest BCUT2D eigenvalue weighted by atomic mass is 10.1. The number of hydrogen-bond donors (Lipinski definition) is 1. The number of allylic oxidation sites excluding steroid dienone is 1. The smallest absolute Gasteiger partial charge is 0.262 e. The molecule has 3 aromatic rings. The standard InChI is InChI=1S/C25H27ClN4O3S/c1-5-13-30-24(33)19-12-11-18(26)14-21(19)28-25(30)34-16(3)23(32)29(4)15-22(31)27-20-10-8-7-9-17(20)6-2/h5,7-12,14,16H,1,6,13,15H2,2-4H3,(H,27,31). The van der Waals surface area contributed by atoms with Gasteiger partial charge in [0.1, 0.15) is 0 Å². The fraction of sp³-hybridized carbons (Fsp3) is 0.280. The van der Waals surface area contributed by atoms with Crippen LogP contribution in [0.5, 0.6) is 0 Å². The SMILES string of the molecule is C=CCn1c(SC(C)C(=O)N(C)CC(=O)Nc2ccccc2CC)nc2cc(Cl)ccc2c1=O. The average molecular weight is 499 g/mol. The number of carbonyl (C=O) groups is 2. The number of halogens is 1. The van der Waals surface area contributed by atoms with Crippen LogP contribution in [0.4, 0.5) is 5.69 Å². The molecule has 0 aliphatic rings. The van der Waals surface area contributed by atoms with Gasteiger partial charge in [-0.05, 0) is 43.2 Å². The van der Waals surface area contributed by atoms with Gasteiger partial charge >= 0.3 is 0 Å². The monoisotopic (exact) mass is 498 g/mol. The van der Waals surface area contributed by atoms with Crippen LogP contribution < -0.4 is 10.9 Å². The lowest BCUT2D eigenvalue weighted by molar-refractivity contribution is -0.132. The Kier molecular flexibility index (Phi) is 8.52. The number of benzene rings is 2. The second kappa shape index (κ2) is 11.4. The van der Waals surface area contributed by atoms with Crippen LogP contribution in [0.1, 0.15) is 19.4 Å². The number of nitrogens with one attached hydrogen (secondary N) is 1. The van der Waals surface area contributed by atoms with Gasteiger partial charge in [0.2, 0.25) is 11.8 Å². The van der Waals surface area contributed by atoms with E-state index in [1.54, 1.807) is 38.2 Å². The fourth-order valence-electron chi connectivity index (χ4n) is 3.51. The van der Waals surface area contributed by atoms with E-state index in [0.717, 1.165) is 29.4 Å². The molecule has 0 radical (unpaired) electrons. The Hall–Kier alpha value is -3.10. The number of aryl methyl sites for hydroxylation is 1. The van der Waals surface area contributed by atoms with E-state index in [9.17, 15) is 14.4 Å². The van der Waals surface area contributed by atoms with E-state index >= 15 is 0 Å². The quantitative estimate of drug-likeness (QED) is 0.269. The van der Waals surface area contributed by atoms with Gasteiger partial charge in [-0.2, -0.15) is 0 Å². The Labute approximate surface area is 207 Å². The van der Waals surface area contributed by atoms with Crippen LogP contribution in [-0.4, -0.2) is 45.1 Å². The first-order valence-corrected chi connectivity index (χ1v) is 12.1. The summed E-state index contributed by atoms with van der Waals surface area (Å²) < 4.78 is 1.48. The molecule has 178 valence electrons. The number of rotatable bonds is 9. The van der Waals surface area contributed by atoms with E-state index < -0.39 is 5.25 Å². The summed E-state index contributed by atoms with van der Waals surface area (Å²) >= 11 is 7.23. The predicted molar refractivity (Wildman–Crippen MR) is 139 cm³/mol. The van der Waals surface area contributed by atoms with Gasteiger partial charge in [-0.15, -0.1) is 6.58 Å². The third-order valence-corrected chi connectivity index (χ3v) is 6.57. The van der Waals surface area contributed by atoms with E-state index in [0.29, 0.717) is 21.1 Å². The maximum Gasteiger partial charge on any atom is 0.262 e. The maximum absolute atomic E-state index is 13.0. The molecule has 2 aromatic carbocycles. The van der Waals surface area contributed by atoms with E-state index in [1.165, 1.54) is 9.47 Å². The topological polar surface area (TPSA) is 84.3 Å². The van der Waals surface area contributed by atoms with Gasteiger partial charge in [0, 0.05) is 24.3 Å². The second-order valence-electron chi connectivity index (χ2n) is 7.77. The molecule has 3 rings (SSSR count). The minimum Gasteiger partial charge on any atom is -0.335 e. The summed E-state index contributed by atoms with van der Waals surface area (Å²) in [5.74, 6) is -0.537. The summed E-state index contributed by atoms with van der Waals surface area (Å²) in [6.07, 6.45) is 2.39. The third-order valence-electron chi connectivity index (χ3n) is 5.25. The minimum atomic E-state index is -0.583.